The van der Waals surface area contributed by atoms with Gasteiger partial charge in [0.1, 0.15) is 10.4 Å². The number of H-pyrrole nitrogens is 1. The highest BCUT2D eigenvalue weighted by Crippen LogP contribution is 2.36. The summed E-state index contributed by atoms with van der Waals surface area (Å²) in [4.78, 5) is 35.7. The fourth-order valence-corrected chi connectivity index (χ4v) is 2.23. The van der Waals surface area contributed by atoms with Gasteiger partial charge in [0, 0.05) is 10.5 Å². The first kappa shape index (κ1) is 13.5. The second-order valence-electron chi connectivity index (χ2n) is 3.55. The van der Waals surface area contributed by atoms with Crippen LogP contribution in [-0.2, 0) is 0 Å². The Morgan fingerprint density at radius 1 is 1.37 bits per heavy atom. The van der Waals surface area contributed by atoms with Crippen LogP contribution >= 0.6 is 27.5 Å². The summed E-state index contributed by atoms with van der Waals surface area (Å²) in [7, 11) is 0. The molecular weight excluding hydrogens is 343 g/mol. The zero-order valence-corrected chi connectivity index (χ0v) is 11.3. The number of fused-ring (bicyclic) bond motifs is 1. The molecule has 0 saturated heterocycles. The number of benzene rings is 1. The van der Waals surface area contributed by atoms with Crippen LogP contribution in [-0.4, -0.2) is 15.0 Å². The summed E-state index contributed by atoms with van der Waals surface area (Å²) in [5.41, 5.74) is -2.60. The molecule has 0 radical (unpaired) electrons. The number of halogens is 2. The average molecular weight is 348 g/mol. The lowest BCUT2D eigenvalue weighted by molar-refractivity contribution is -0.383. The molecule has 1 aromatic carbocycles. The maximum atomic E-state index is 11.9. The molecule has 1 aromatic heterocycles. The molecular formula is C10H4BrClN2O5. The van der Waals surface area contributed by atoms with Gasteiger partial charge in [-0.25, -0.2) is 0 Å². The van der Waals surface area contributed by atoms with Gasteiger partial charge in [0.25, 0.3) is 5.56 Å². The number of nitrogens with zero attached hydrogens (tertiary/aromatic N) is 1. The number of aromatic hydroxyl groups is 1. The maximum Gasteiger partial charge on any atom is 0.302 e. The Bertz CT molecular complexity index is 833. The molecule has 0 aliphatic rings. The van der Waals surface area contributed by atoms with E-state index >= 15 is 0 Å². The first-order chi connectivity index (χ1) is 8.82. The molecule has 2 aromatic rings. The number of hydrogen-bond donors (Lipinski definition) is 2. The predicted octanol–water partition coefficient (Wildman–Crippen LogP) is 1.92. The number of aromatic amines is 1. The van der Waals surface area contributed by atoms with Crippen LogP contribution in [0, 0.1) is 10.1 Å². The van der Waals surface area contributed by atoms with Gasteiger partial charge in [0.15, 0.2) is 5.75 Å². The largest absolute Gasteiger partial charge is 0.504 e. The standard InChI is InChI=1S/C10H4BrClN2O5/c11-3-1-4-7(9(8(3)12)14(18)19)10(17)5(15)2-6(16)13-4/h1-2H,(H,13,16)(H,15,17). The van der Waals surface area contributed by atoms with E-state index < -0.39 is 32.7 Å². The number of nitrogens with one attached hydrogen (secondary N) is 1. The number of nitro groups is 1. The Balaban J connectivity index is 3.27. The second kappa shape index (κ2) is 4.63. The lowest BCUT2D eigenvalue weighted by atomic mass is 10.2. The van der Waals surface area contributed by atoms with Crippen LogP contribution in [0.3, 0.4) is 0 Å². The highest BCUT2D eigenvalue weighted by Gasteiger charge is 2.24. The van der Waals surface area contributed by atoms with Crippen molar-refractivity contribution in [3.05, 3.63) is 52.3 Å². The summed E-state index contributed by atoms with van der Waals surface area (Å²) in [6.07, 6.45) is 0. The fourth-order valence-electron chi connectivity index (χ4n) is 1.60. The molecule has 0 amide bonds. The maximum absolute atomic E-state index is 11.9. The Morgan fingerprint density at radius 3 is 2.58 bits per heavy atom. The summed E-state index contributed by atoms with van der Waals surface area (Å²) < 4.78 is 0.147. The van der Waals surface area contributed by atoms with E-state index in [1.165, 1.54) is 6.07 Å². The highest BCUT2D eigenvalue weighted by molar-refractivity contribution is 9.10. The van der Waals surface area contributed by atoms with Gasteiger partial charge in [-0.1, -0.05) is 11.6 Å². The molecule has 0 bridgehead atoms. The van der Waals surface area contributed by atoms with Crippen LogP contribution in [0.4, 0.5) is 5.69 Å². The summed E-state index contributed by atoms with van der Waals surface area (Å²) in [6, 6.07) is 1.90. The number of hydrogen-bond acceptors (Lipinski definition) is 5. The molecule has 0 unspecified atom stereocenters. The second-order valence-corrected chi connectivity index (χ2v) is 4.78. The third-order valence-corrected chi connectivity index (χ3v) is 3.60. The van der Waals surface area contributed by atoms with Crippen molar-refractivity contribution >= 4 is 44.1 Å². The van der Waals surface area contributed by atoms with Crippen molar-refractivity contribution in [3.63, 3.8) is 0 Å². The lowest BCUT2D eigenvalue weighted by Gasteiger charge is -2.00. The van der Waals surface area contributed by atoms with E-state index in [9.17, 15) is 24.8 Å². The SMILES string of the molecule is O=c1cc(O)c(=O)c2c([N+](=O)[O-])c(Cl)c(Br)cc2[nH]1. The van der Waals surface area contributed by atoms with Crippen molar-refractivity contribution < 1.29 is 10.0 Å². The Labute approximate surface area is 117 Å². The minimum absolute atomic E-state index is 0.0988. The van der Waals surface area contributed by atoms with Crippen molar-refractivity contribution in [1.82, 2.24) is 4.98 Å². The van der Waals surface area contributed by atoms with Gasteiger partial charge in [0.05, 0.1) is 10.4 Å². The Kier molecular flexibility index (Phi) is 3.29. The Hall–Kier alpha value is -1.93. The molecule has 0 aliphatic heterocycles. The summed E-state index contributed by atoms with van der Waals surface area (Å²) >= 11 is 8.77. The van der Waals surface area contributed by atoms with E-state index in [0.717, 1.165) is 0 Å². The van der Waals surface area contributed by atoms with Gasteiger partial charge in [-0.15, -0.1) is 0 Å². The van der Waals surface area contributed by atoms with Crippen molar-refractivity contribution in [2.75, 3.05) is 0 Å². The van der Waals surface area contributed by atoms with Crippen molar-refractivity contribution in [3.8, 4) is 5.75 Å². The van der Waals surface area contributed by atoms with Crippen LogP contribution in [0.2, 0.25) is 5.02 Å². The van der Waals surface area contributed by atoms with Gasteiger partial charge in [-0.3, -0.25) is 19.7 Å². The number of rotatable bonds is 1. The zero-order valence-electron chi connectivity index (χ0n) is 8.94. The monoisotopic (exact) mass is 346 g/mol. The smallest absolute Gasteiger partial charge is 0.302 e. The van der Waals surface area contributed by atoms with Crippen LogP contribution in [0.5, 0.6) is 5.75 Å². The van der Waals surface area contributed by atoms with Crippen LogP contribution in [0.25, 0.3) is 10.9 Å². The topological polar surface area (TPSA) is 113 Å². The van der Waals surface area contributed by atoms with Gasteiger partial charge in [0.2, 0.25) is 5.43 Å². The normalized spacial score (nSPS) is 10.6. The van der Waals surface area contributed by atoms with E-state index in [1.807, 2.05) is 0 Å². The molecule has 0 aliphatic carbocycles. The minimum atomic E-state index is -1.05. The van der Waals surface area contributed by atoms with Gasteiger partial charge < -0.3 is 10.1 Å². The molecule has 0 saturated carbocycles. The Morgan fingerprint density at radius 2 is 2.00 bits per heavy atom. The van der Waals surface area contributed by atoms with Gasteiger partial charge in [-0.2, -0.15) is 0 Å². The molecule has 0 fully saturated rings. The number of aromatic nitrogens is 1. The summed E-state index contributed by atoms with van der Waals surface area (Å²) in [5.74, 6) is -0.891. The quantitative estimate of drug-likeness (QED) is 0.604. The van der Waals surface area contributed by atoms with E-state index in [-0.39, 0.29) is 15.0 Å². The van der Waals surface area contributed by atoms with Crippen LogP contribution < -0.4 is 11.0 Å². The summed E-state index contributed by atoms with van der Waals surface area (Å²) in [5, 5.41) is 19.7. The average Bonchev–Trinajstić information content (AvgIpc) is 2.39. The first-order valence-corrected chi connectivity index (χ1v) is 5.92. The molecule has 1 heterocycles. The summed E-state index contributed by atoms with van der Waals surface area (Å²) in [6.45, 7) is 0. The minimum Gasteiger partial charge on any atom is -0.504 e. The van der Waals surface area contributed by atoms with Crippen molar-refractivity contribution in [2.45, 2.75) is 0 Å². The molecule has 9 heteroatoms. The zero-order chi connectivity index (χ0) is 14.3. The third kappa shape index (κ3) is 2.20. The van der Waals surface area contributed by atoms with Gasteiger partial charge in [-0.05, 0) is 22.0 Å². The molecule has 0 spiro atoms. The molecule has 98 valence electrons. The lowest BCUT2D eigenvalue weighted by Crippen LogP contribution is -2.03. The van der Waals surface area contributed by atoms with E-state index in [2.05, 4.69) is 20.9 Å². The van der Waals surface area contributed by atoms with Crippen molar-refractivity contribution in [2.24, 2.45) is 0 Å². The number of nitro benzene ring substituents is 1. The molecule has 2 N–H and O–H groups in total. The molecule has 7 nitrogen and oxygen atoms in total. The van der Waals surface area contributed by atoms with E-state index in [1.54, 1.807) is 0 Å². The molecule has 19 heavy (non-hydrogen) atoms. The fraction of sp³-hybridized carbons (Fsp3) is 0. The predicted molar refractivity (Wildman–Crippen MR) is 71.9 cm³/mol. The van der Waals surface area contributed by atoms with Gasteiger partial charge >= 0.3 is 5.69 Å². The third-order valence-electron chi connectivity index (χ3n) is 2.36. The van der Waals surface area contributed by atoms with E-state index in [0.29, 0.717) is 6.07 Å². The molecule has 2 rings (SSSR count). The van der Waals surface area contributed by atoms with E-state index in [4.69, 9.17) is 11.6 Å². The molecule has 0 atom stereocenters. The first-order valence-electron chi connectivity index (χ1n) is 4.75. The highest BCUT2D eigenvalue weighted by atomic mass is 79.9. The van der Waals surface area contributed by atoms with Crippen molar-refractivity contribution in [1.29, 1.82) is 0 Å². The van der Waals surface area contributed by atoms with Crippen LogP contribution in [0.1, 0.15) is 0 Å². The van der Waals surface area contributed by atoms with Crippen LogP contribution in [0.15, 0.2) is 26.2 Å².